The van der Waals surface area contributed by atoms with Crippen LogP contribution in [0.15, 0.2) is 0 Å². The van der Waals surface area contributed by atoms with Gasteiger partial charge in [0.15, 0.2) is 0 Å². The SMILES string of the molecule is COC(=O)CCC(NC(=O)C1(CN)CCCC1)C(=O)O. The predicted molar refractivity (Wildman–Crippen MR) is 70.8 cm³/mol. The molecule has 0 spiro atoms. The van der Waals surface area contributed by atoms with Gasteiger partial charge in [-0.25, -0.2) is 4.79 Å². The number of nitrogens with two attached hydrogens (primary N) is 1. The molecule has 1 rings (SSSR count). The van der Waals surface area contributed by atoms with Crippen LogP contribution in [0.1, 0.15) is 38.5 Å². The van der Waals surface area contributed by atoms with E-state index in [-0.39, 0.29) is 25.3 Å². The summed E-state index contributed by atoms with van der Waals surface area (Å²) in [4.78, 5) is 34.5. The fourth-order valence-corrected chi connectivity index (χ4v) is 2.51. The molecule has 1 amide bonds. The minimum Gasteiger partial charge on any atom is -0.480 e. The van der Waals surface area contributed by atoms with E-state index in [1.807, 2.05) is 0 Å². The van der Waals surface area contributed by atoms with Gasteiger partial charge in [-0.15, -0.1) is 0 Å². The normalized spacial score (nSPS) is 18.3. The van der Waals surface area contributed by atoms with E-state index in [4.69, 9.17) is 10.8 Å². The van der Waals surface area contributed by atoms with Crippen LogP contribution in [0.2, 0.25) is 0 Å². The molecule has 0 aromatic rings. The lowest BCUT2D eigenvalue weighted by atomic mass is 9.85. The van der Waals surface area contributed by atoms with Gasteiger partial charge in [-0.1, -0.05) is 12.8 Å². The summed E-state index contributed by atoms with van der Waals surface area (Å²) < 4.78 is 4.46. The third kappa shape index (κ3) is 3.93. The van der Waals surface area contributed by atoms with E-state index in [0.29, 0.717) is 12.8 Å². The maximum Gasteiger partial charge on any atom is 0.326 e. The first kappa shape index (κ1) is 16.4. The molecule has 0 heterocycles. The zero-order valence-electron chi connectivity index (χ0n) is 11.7. The van der Waals surface area contributed by atoms with E-state index in [9.17, 15) is 14.4 Å². The van der Waals surface area contributed by atoms with E-state index in [2.05, 4.69) is 10.1 Å². The Morgan fingerprint density at radius 1 is 1.35 bits per heavy atom. The van der Waals surface area contributed by atoms with Gasteiger partial charge < -0.3 is 20.9 Å². The molecule has 0 aromatic carbocycles. The third-order valence-corrected chi connectivity index (χ3v) is 3.90. The summed E-state index contributed by atoms with van der Waals surface area (Å²) in [6.07, 6.45) is 3.16. The average molecular weight is 286 g/mol. The van der Waals surface area contributed by atoms with Gasteiger partial charge in [0.05, 0.1) is 12.5 Å². The number of methoxy groups -OCH3 is 1. The largest absolute Gasteiger partial charge is 0.480 e. The molecule has 20 heavy (non-hydrogen) atoms. The first-order valence-corrected chi connectivity index (χ1v) is 6.76. The Balaban J connectivity index is 2.63. The summed E-state index contributed by atoms with van der Waals surface area (Å²) >= 11 is 0. The Bertz CT molecular complexity index is 377. The van der Waals surface area contributed by atoms with Crippen LogP contribution in [0, 0.1) is 5.41 Å². The monoisotopic (exact) mass is 286 g/mol. The molecule has 0 radical (unpaired) electrons. The first-order valence-electron chi connectivity index (χ1n) is 6.76. The molecule has 1 aliphatic carbocycles. The first-order chi connectivity index (χ1) is 9.45. The number of ether oxygens (including phenoxy) is 1. The molecular formula is C13H22N2O5. The van der Waals surface area contributed by atoms with Crippen molar-refractivity contribution >= 4 is 17.8 Å². The summed E-state index contributed by atoms with van der Waals surface area (Å²) in [5.41, 5.74) is 5.03. The smallest absolute Gasteiger partial charge is 0.326 e. The fourth-order valence-electron chi connectivity index (χ4n) is 2.51. The van der Waals surface area contributed by atoms with E-state index in [1.54, 1.807) is 0 Å². The van der Waals surface area contributed by atoms with Crippen molar-refractivity contribution in [2.45, 2.75) is 44.6 Å². The minimum absolute atomic E-state index is 0.00833. The summed E-state index contributed by atoms with van der Waals surface area (Å²) in [5, 5.41) is 11.6. The van der Waals surface area contributed by atoms with E-state index in [0.717, 1.165) is 12.8 Å². The molecule has 1 aliphatic rings. The average Bonchev–Trinajstić information content (AvgIpc) is 2.92. The van der Waals surface area contributed by atoms with Crippen LogP contribution in [0.4, 0.5) is 0 Å². The van der Waals surface area contributed by atoms with Gasteiger partial charge in [0.1, 0.15) is 6.04 Å². The quantitative estimate of drug-likeness (QED) is 0.568. The maximum atomic E-state index is 12.3. The molecule has 0 aliphatic heterocycles. The summed E-state index contributed by atoms with van der Waals surface area (Å²) in [7, 11) is 1.23. The van der Waals surface area contributed by atoms with Crippen molar-refractivity contribution in [2.24, 2.45) is 11.1 Å². The maximum absolute atomic E-state index is 12.3. The third-order valence-electron chi connectivity index (χ3n) is 3.90. The summed E-state index contributed by atoms with van der Waals surface area (Å²) in [6, 6.07) is -1.09. The zero-order valence-corrected chi connectivity index (χ0v) is 11.7. The number of aliphatic carboxylic acids is 1. The van der Waals surface area contributed by atoms with Crippen LogP contribution in [-0.2, 0) is 19.1 Å². The Kier molecular flexibility index (Phi) is 5.94. The van der Waals surface area contributed by atoms with Crippen molar-refractivity contribution in [3.63, 3.8) is 0 Å². The van der Waals surface area contributed by atoms with Gasteiger partial charge in [0, 0.05) is 13.0 Å². The van der Waals surface area contributed by atoms with Gasteiger partial charge in [-0.2, -0.15) is 0 Å². The van der Waals surface area contributed by atoms with Crippen LogP contribution in [0.25, 0.3) is 0 Å². The van der Waals surface area contributed by atoms with Gasteiger partial charge in [-0.05, 0) is 19.3 Å². The lowest BCUT2D eigenvalue weighted by Crippen LogP contribution is -2.50. The number of hydrogen-bond donors (Lipinski definition) is 3. The highest BCUT2D eigenvalue weighted by atomic mass is 16.5. The molecule has 0 aromatic heterocycles. The molecule has 4 N–H and O–H groups in total. The second-order valence-corrected chi connectivity index (χ2v) is 5.17. The number of carbonyl (C=O) groups excluding carboxylic acids is 2. The van der Waals surface area contributed by atoms with Crippen LogP contribution >= 0.6 is 0 Å². The van der Waals surface area contributed by atoms with Crippen molar-refractivity contribution in [3.05, 3.63) is 0 Å². The Labute approximate surface area is 117 Å². The summed E-state index contributed by atoms with van der Waals surface area (Å²) in [6.45, 7) is 0.210. The van der Waals surface area contributed by atoms with Crippen LogP contribution < -0.4 is 11.1 Å². The lowest BCUT2D eigenvalue weighted by Gasteiger charge is -2.27. The number of esters is 1. The van der Waals surface area contributed by atoms with E-state index < -0.39 is 23.4 Å². The second kappa shape index (κ2) is 7.23. The Morgan fingerprint density at radius 2 is 1.95 bits per heavy atom. The number of amides is 1. The topological polar surface area (TPSA) is 119 Å². The second-order valence-electron chi connectivity index (χ2n) is 5.17. The van der Waals surface area contributed by atoms with Crippen molar-refractivity contribution in [1.29, 1.82) is 0 Å². The number of rotatable bonds is 7. The number of carbonyl (C=O) groups is 3. The molecule has 0 bridgehead atoms. The highest BCUT2D eigenvalue weighted by molar-refractivity contribution is 5.88. The Hall–Kier alpha value is -1.63. The van der Waals surface area contributed by atoms with Gasteiger partial charge in [-0.3, -0.25) is 9.59 Å². The molecule has 1 saturated carbocycles. The number of nitrogens with one attached hydrogen (secondary N) is 1. The molecule has 1 atom stereocenters. The van der Waals surface area contributed by atoms with Gasteiger partial charge in [0.25, 0.3) is 0 Å². The molecule has 1 unspecified atom stereocenters. The molecule has 114 valence electrons. The fraction of sp³-hybridized carbons (Fsp3) is 0.769. The van der Waals surface area contributed by atoms with Crippen LogP contribution in [0.5, 0.6) is 0 Å². The van der Waals surface area contributed by atoms with Crippen molar-refractivity contribution in [3.8, 4) is 0 Å². The number of carboxylic acid groups (broad SMARTS) is 1. The van der Waals surface area contributed by atoms with Crippen LogP contribution in [-0.4, -0.2) is 42.6 Å². The van der Waals surface area contributed by atoms with E-state index >= 15 is 0 Å². The minimum atomic E-state index is -1.16. The Morgan fingerprint density at radius 3 is 2.40 bits per heavy atom. The standard InChI is InChI=1S/C13H22N2O5/c1-20-10(16)5-4-9(11(17)18)15-12(19)13(8-14)6-2-3-7-13/h9H,2-8,14H2,1H3,(H,15,19)(H,17,18). The molecule has 0 saturated heterocycles. The van der Waals surface area contributed by atoms with Crippen molar-refractivity contribution in [1.82, 2.24) is 5.32 Å². The zero-order chi connectivity index (χ0) is 15.2. The van der Waals surface area contributed by atoms with E-state index in [1.165, 1.54) is 7.11 Å². The van der Waals surface area contributed by atoms with Crippen molar-refractivity contribution < 1.29 is 24.2 Å². The van der Waals surface area contributed by atoms with Crippen LogP contribution in [0.3, 0.4) is 0 Å². The van der Waals surface area contributed by atoms with Gasteiger partial charge in [0.2, 0.25) is 5.91 Å². The van der Waals surface area contributed by atoms with Crippen molar-refractivity contribution in [2.75, 3.05) is 13.7 Å². The van der Waals surface area contributed by atoms with Gasteiger partial charge >= 0.3 is 11.9 Å². The predicted octanol–water partition coefficient (Wildman–Crippen LogP) is 0.0281. The molecular weight excluding hydrogens is 264 g/mol. The number of carboxylic acids is 1. The highest BCUT2D eigenvalue weighted by Gasteiger charge is 2.41. The molecule has 7 heteroatoms. The number of hydrogen-bond acceptors (Lipinski definition) is 5. The molecule has 7 nitrogen and oxygen atoms in total. The lowest BCUT2D eigenvalue weighted by molar-refractivity contribution is -0.145. The summed E-state index contributed by atoms with van der Waals surface area (Å²) in [5.74, 6) is -1.98. The molecule has 1 fully saturated rings. The highest BCUT2D eigenvalue weighted by Crippen LogP contribution is 2.37.